The lowest BCUT2D eigenvalue weighted by atomic mass is 9.86. The summed E-state index contributed by atoms with van der Waals surface area (Å²) >= 11 is 6.02. The maximum Gasteiger partial charge on any atom is 0.112 e. The van der Waals surface area contributed by atoms with Crippen LogP contribution in [0.25, 0.3) is 0 Å². The molecule has 1 aromatic carbocycles. The van der Waals surface area contributed by atoms with E-state index >= 15 is 0 Å². The molecular weight excluding hydrogens is 318 g/mol. The Kier molecular flexibility index (Phi) is 5.26. The summed E-state index contributed by atoms with van der Waals surface area (Å²) in [6.07, 6.45) is 4.96. The minimum Gasteiger partial charge on any atom is -0.327 e. The van der Waals surface area contributed by atoms with Crippen LogP contribution in [0.15, 0.2) is 24.3 Å². The highest BCUT2D eigenvalue weighted by molar-refractivity contribution is 6.30. The van der Waals surface area contributed by atoms with Crippen molar-refractivity contribution in [2.75, 3.05) is 0 Å². The minimum atomic E-state index is 0.388. The number of hydrogen-bond acceptors (Lipinski definition) is 2. The van der Waals surface area contributed by atoms with E-state index in [2.05, 4.69) is 36.6 Å². The smallest absolute Gasteiger partial charge is 0.112 e. The third-order valence-corrected chi connectivity index (χ3v) is 5.09. The summed E-state index contributed by atoms with van der Waals surface area (Å²) in [5.74, 6) is 2.01. The van der Waals surface area contributed by atoms with Gasteiger partial charge >= 0.3 is 0 Å². The van der Waals surface area contributed by atoms with Crippen LogP contribution in [0.4, 0.5) is 0 Å². The molecule has 3 nitrogen and oxygen atoms in total. The van der Waals surface area contributed by atoms with Crippen molar-refractivity contribution in [1.29, 1.82) is 5.26 Å². The van der Waals surface area contributed by atoms with E-state index in [-0.39, 0.29) is 0 Å². The summed E-state index contributed by atoms with van der Waals surface area (Å²) in [7, 11) is 0. The van der Waals surface area contributed by atoms with Crippen molar-refractivity contribution in [2.24, 2.45) is 0 Å². The number of aromatic nitrogens is 2. The minimum absolute atomic E-state index is 0.388. The van der Waals surface area contributed by atoms with Crippen molar-refractivity contribution in [1.82, 2.24) is 9.55 Å². The van der Waals surface area contributed by atoms with Crippen molar-refractivity contribution in [3.05, 3.63) is 52.1 Å². The lowest BCUT2D eigenvalue weighted by Crippen LogP contribution is -2.16. The molecule has 2 aromatic rings. The lowest BCUT2D eigenvalue weighted by Gasteiger charge is -2.24. The summed E-state index contributed by atoms with van der Waals surface area (Å²) in [5.41, 5.74) is 3.86. The van der Waals surface area contributed by atoms with E-state index in [1.54, 1.807) is 0 Å². The Morgan fingerprint density at radius 1 is 1.33 bits per heavy atom. The van der Waals surface area contributed by atoms with Crippen molar-refractivity contribution in [2.45, 2.75) is 64.3 Å². The summed E-state index contributed by atoms with van der Waals surface area (Å²) < 4.78 is 2.41. The number of benzene rings is 1. The van der Waals surface area contributed by atoms with Crippen LogP contribution in [0.5, 0.6) is 0 Å². The predicted molar refractivity (Wildman–Crippen MR) is 97.4 cm³/mol. The highest BCUT2D eigenvalue weighted by Crippen LogP contribution is 2.37. The van der Waals surface area contributed by atoms with E-state index in [1.165, 1.54) is 35.6 Å². The van der Waals surface area contributed by atoms with Crippen molar-refractivity contribution >= 4 is 11.6 Å². The molecule has 0 saturated carbocycles. The molecule has 0 saturated heterocycles. The van der Waals surface area contributed by atoms with E-state index in [4.69, 9.17) is 21.8 Å². The molecule has 1 aliphatic carbocycles. The second-order valence-corrected chi connectivity index (χ2v) is 7.39. The molecule has 1 aromatic heterocycles. The van der Waals surface area contributed by atoms with Crippen LogP contribution >= 0.6 is 11.6 Å². The molecule has 0 spiro atoms. The van der Waals surface area contributed by atoms with Gasteiger partial charge in [0.2, 0.25) is 0 Å². The fraction of sp³-hybridized carbons (Fsp3) is 0.500. The highest BCUT2D eigenvalue weighted by Gasteiger charge is 2.28. The number of imidazole rings is 1. The molecule has 3 rings (SSSR count). The second-order valence-electron chi connectivity index (χ2n) is 6.96. The van der Waals surface area contributed by atoms with Crippen LogP contribution in [-0.4, -0.2) is 9.55 Å². The van der Waals surface area contributed by atoms with Gasteiger partial charge in [-0.1, -0.05) is 37.6 Å². The van der Waals surface area contributed by atoms with Crippen molar-refractivity contribution < 1.29 is 0 Å². The lowest BCUT2D eigenvalue weighted by molar-refractivity contribution is 0.487. The van der Waals surface area contributed by atoms with Gasteiger partial charge in [0.25, 0.3) is 0 Å². The van der Waals surface area contributed by atoms with Crippen molar-refractivity contribution in [3.8, 4) is 6.07 Å². The Hall–Kier alpha value is -1.79. The van der Waals surface area contributed by atoms with Gasteiger partial charge in [0.05, 0.1) is 11.8 Å². The summed E-state index contributed by atoms with van der Waals surface area (Å²) in [6, 6.07) is 10.4. The average molecular weight is 342 g/mol. The first-order valence-corrected chi connectivity index (χ1v) is 9.18. The molecule has 0 N–H and O–H groups in total. The van der Waals surface area contributed by atoms with Gasteiger partial charge in [0.15, 0.2) is 0 Å². The topological polar surface area (TPSA) is 41.6 Å². The van der Waals surface area contributed by atoms with Gasteiger partial charge in [-0.05, 0) is 43.4 Å². The Morgan fingerprint density at radius 3 is 2.75 bits per heavy atom. The molecule has 1 aliphatic rings. The Balaban J connectivity index is 2.00. The molecule has 0 aliphatic heterocycles. The van der Waals surface area contributed by atoms with Gasteiger partial charge < -0.3 is 4.57 Å². The molecule has 1 heterocycles. The maximum atomic E-state index is 8.98. The van der Waals surface area contributed by atoms with Crippen LogP contribution in [0.1, 0.15) is 74.1 Å². The van der Waals surface area contributed by atoms with E-state index in [0.29, 0.717) is 18.3 Å². The highest BCUT2D eigenvalue weighted by atomic mass is 35.5. The van der Waals surface area contributed by atoms with Crippen LogP contribution in [-0.2, 0) is 13.0 Å². The third kappa shape index (κ3) is 3.49. The van der Waals surface area contributed by atoms with E-state index in [9.17, 15) is 0 Å². The van der Waals surface area contributed by atoms with E-state index in [1.807, 2.05) is 12.1 Å². The number of fused-ring (bicyclic) bond motifs is 1. The molecule has 0 amide bonds. The quantitative estimate of drug-likeness (QED) is 0.727. The third-order valence-electron chi connectivity index (χ3n) is 4.84. The average Bonchev–Trinajstić information content (AvgIpc) is 2.94. The molecule has 4 heteroatoms. The fourth-order valence-electron chi connectivity index (χ4n) is 3.73. The Morgan fingerprint density at radius 2 is 2.08 bits per heavy atom. The van der Waals surface area contributed by atoms with Gasteiger partial charge in [-0.2, -0.15) is 5.26 Å². The zero-order valence-electron chi connectivity index (χ0n) is 14.4. The van der Waals surface area contributed by atoms with Gasteiger partial charge in [-0.25, -0.2) is 4.98 Å². The summed E-state index contributed by atoms with van der Waals surface area (Å²) in [4.78, 5) is 4.98. The number of aryl methyl sites for hydroxylation is 1. The maximum absolute atomic E-state index is 8.98. The Labute approximate surface area is 149 Å². The molecule has 0 bridgehead atoms. The Bertz CT molecular complexity index is 737. The number of hydrogen-bond donors (Lipinski definition) is 0. The van der Waals surface area contributed by atoms with Gasteiger partial charge in [0.1, 0.15) is 5.82 Å². The SMILES string of the molecule is CC(C)c1nc2c(n1Cc1ccc(Cl)cc1)C(CCC#N)CCC2. The first kappa shape index (κ1) is 17.0. The molecule has 24 heavy (non-hydrogen) atoms. The van der Waals surface area contributed by atoms with Crippen LogP contribution < -0.4 is 0 Å². The predicted octanol–water partition coefficient (Wildman–Crippen LogP) is 5.43. The van der Waals surface area contributed by atoms with Gasteiger partial charge in [-0.15, -0.1) is 0 Å². The first-order valence-electron chi connectivity index (χ1n) is 8.80. The summed E-state index contributed by atoms with van der Waals surface area (Å²) in [5, 5.41) is 9.75. The number of nitrogens with zero attached hydrogens (tertiary/aromatic N) is 3. The van der Waals surface area contributed by atoms with Crippen LogP contribution in [0, 0.1) is 11.3 Å². The largest absolute Gasteiger partial charge is 0.327 e. The number of nitriles is 1. The van der Waals surface area contributed by atoms with Gasteiger partial charge in [-0.3, -0.25) is 0 Å². The number of halogens is 1. The normalized spacial score (nSPS) is 16.9. The monoisotopic (exact) mass is 341 g/mol. The zero-order valence-corrected chi connectivity index (χ0v) is 15.2. The van der Waals surface area contributed by atoms with Crippen molar-refractivity contribution in [3.63, 3.8) is 0 Å². The molecule has 0 fully saturated rings. The first-order chi connectivity index (χ1) is 11.6. The molecule has 0 radical (unpaired) electrons. The van der Waals surface area contributed by atoms with Crippen LogP contribution in [0.2, 0.25) is 5.02 Å². The van der Waals surface area contributed by atoms with Gasteiger partial charge in [0, 0.05) is 35.5 Å². The zero-order chi connectivity index (χ0) is 17.1. The molecule has 1 unspecified atom stereocenters. The molecule has 1 atom stereocenters. The second kappa shape index (κ2) is 7.40. The van der Waals surface area contributed by atoms with E-state index in [0.717, 1.165) is 24.4 Å². The molecular formula is C20H24ClN3. The fourth-order valence-corrected chi connectivity index (χ4v) is 3.85. The van der Waals surface area contributed by atoms with E-state index < -0.39 is 0 Å². The summed E-state index contributed by atoms with van der Waals surface area (Å²) in [6.45, 7) is 5.24. The standard InChI is InChI=1S/C20H24ClN3/c1-14(2)20-23-18-7-3-5-16(6-4-12-22)19(18)24(20)13-15-8-10-17(21)11-9-15/h8-11,14,16H,3-7,13H2,1-2H3. The molecule has 126 valence electrons. The number of rotatable bonds is 5. The van der Waals surface area contributed by atoms with Crippen LogP contribution in [0.3, 0.4) is 0 Å².